The molecule has 1 aromatic rings. The van der Waals surface area contributed by atoms with Gasteiger partial charge in [-0.25, -0.2) is 4.39 Å². The van der Waals surface area contributed by atoms with E-state index >= 15 is 0 Å². The first kappa shape index (κ1) is 14.2. The number of ketones is 1. The molecule has 88 valence electrons. The van der Waals surface area contributed by atoms with Crippen LogP contribution in [0.4, 0.5) is 13.2 Å². The van der Waals surface area contributed by atoms with Gasteiger partial charge in [-0.3, -0.25) is 9.59 Å². The lowest BCUT2D eigenvalue weighted by atomic mass is 10.2. The van der Waals surface area contributed by atoms with Gasteiger partial charge in [-0.15, -0.1) is 0 Å². The Morgan fingerprint density at radius 2 is 1.81 bits per heavy atom. The first-order chi connectivity index (χ1) is 7.44. The maximum Gasteiger partial charge on any atom is 0.362 e. The number of hydrogen-bond acceptors (Lipinski definition) is 3. The third-order valence-corrected chi connectivity index (χ3v) is 1.40. The zero-order valence-corrected chi connectivity index (χ0v) is 8.07. The van der Waals surface area contributed by atoms with Gasteiger partial charge >= 0.3 is 5.92 Å². The van der Waals surface area contributed by atoms with E-state index < -0.39 is 24.7 Å². The number of aromatic hydroxyl groups is 1. The Morgan fingerprint density at radius 3 is 2.00 bits per heavy atom. The van der Waals surface area contributed by atoms with Crippen molar-refractivity contribution < 1.29 is 27.9 Å². The van der Waals surface area contributed by atoms with Crippen molar-refractivity contribution in [1.82, 2.24) is 0 Å². The zero-order chi connectivity index (χ0) is 12.6. The number of halogens is 3. The molecule has 0 aromatic heterocycles. The number of para-hydroxylation sites is 1. The molecular weight excluding hydrogens is 225 g/mol. The van der Waals surface area contributed by atoms with Crippen molar-refractivity contribution in [2.75, 3.05) is 6.67 Å². The van der Waals surface area contributed by atoms with Gasteiger partial charge in [-0.1, -0.05) is 18.2 Å². The van der Waals surface area contributed by atoms with Crippen LogP contribution in [0.3, 0.4) is 0 Å². The van der Waals surface area contributed by atoms with Gasteiger partial charge in [0.15, 0.2) is 13.0 Å². The van der Waals surface area contributed by atoms with Crippen molar-refractivity contribution >= 4 is 12.1 Å². The lowest BCUT2D eigenvalue weighted by molar-refractivity contribution is -0.149. The summed E-state index contributed by atoms with van der Waals surface area (Å²) in [6.07, 6.45) is -0.880. The van der Waals surface area contributed by atoms with E-state index in [9.17, 15) is 22.8 Å². The fourth-order valence-corrected chi connectivity index (χ4v) is 0.583. The second-order valence-electron chi connectivity index (χ2n) is 2.63. The van der Waals surface area contributed by atoms with Gasteiger partial charge in [0.1, 0.15) is 5.75 Å². The smallest absolute Gasteiger partial charge is 0.362 e. The van der Waals surface area contributed by atoms with E-state index in [0.717, 1.165) is 0 Å². The van der Waals surface area contributed by atoms with E-state index in [0.29, 0.717) is 5.75 Å². The summed E-state index contributed by atoms with van der Waals surface area (Å²) in [6, 6.07) is 8.71. The molecule has 0 radical (unpaired) electrons. The maximum absolute atomic E-state index is 11.6. The van der Waals surface area contributed by atoms with Crippen molar-refractivity contribution in [2.24, 2.45) is 0 Å². The number of rotatable bonds is 3. The molecule has 0 aliphatic heterocycles. The number of Topliss-reactive ketones (excluding diaryl/α,β-unsaturated/α-hetero) is 1. The number of phenolic OH excluding ortho intramolecular Hbond substituents is 1. The summed E-state index contributed by atoms with van der Waals surface area (Å²) < 4.78 is 34.3. The summed E-state index contributed by atoms with van der Waals surface area (Å²) in [7, 11) is 0. The van der Waals surface area contributed by atoms with E-state index in [1.165, 1.54) is 0 Å². The van der Waals surface area contributed by atoms with E-state index in [4.69, 9.17) is 5.11 Å². The van der Waals surface area contributed by atoms with Crippen LogP contribution < -0.4 is 0 Å². The lowest BCUT2D eigenvalue weighted by Gasteiger charge is -2.01. The second-order valence-corrected chi connectivity index (χ2v) is 2.63. The van der Waals surface area contributed by atoms with Gasteiger partial charge in [0, 0.05) is 0 Å². The Kier molecular flexibility index (Phi) is 5.84. The Bertz CT molecular complexity index is 338. The monoisotopic (exact) mass is 234 g/mol. The Morgan fingerprint density at radius 1 is 1.31 bits per heavy atom. The van der Waals surface area contributed by atoms with E-state index in [2.05, 4.69) is 0 Å². The van der Waals surface area contributed by atoms with Crippen molar-refractivity contribution in [2.45, 2.75) is 5.92 Å². The maximum atomic E-state index is 11.6. The molecule has 0 spiro atoms. The van der Waals surface area contributed by atoms with Crippen LogP contribution in [0.1, 0.15) is 0 Å². The number of alkyl halides is 3. The van der Waals surface area contributed by atoms with Crippen LogP contribution in [0.5, 0.6) is 5.75 Å². The minimum Gasteiger partial charge on any atom is -0.508 e. The molecule has 0 aliphatic rings. The minimum atomic E-state index is -4.14. The second kappa shape index (κ2) is 6.60. The highest BCUT2D eigenvalue weighted by Crippen LogP contribution is 2.10. The predicted molar refractivity (Wildman–Crippen MR) is 50.1 cm³/mol. The van der Waals surface area contributed by atoms with Crippen molar-refractivity contribution in [3.8, 4) is 5.75 Å². The summed E-state index contributed by atoms with van der Waals surface area (Å²) >= 11 is 0. The fourth-order valence-electron chi connectivity index (χ4n) is 0.583. The Hall–Kier alpha value is -1.85. The van der Waals surface area contributed by atoms with Crippen LogP contribution in [-0.2, 0) is 9.59 Å². The molecule has 0 fully saturated rings. The molecule has 0 atom stereocenters. The molecule has 0 aliphatic carbocycles. The van der Waals surface area contributed by atoms with Gasteiger partial charge in [0.2, 0.25) is 5.78 Å². The Labute approximate surface area is 89.5 Å². The molecule has 0 unspecified atom stereocenters. The highest BCUT2D eigenvalue weighted by atomic mass is 19.3. The van der Waals surface area contributed by atoms with Gasteiger partial charge in [0.05, 0.1) is 0 Å². The fraction of sp³-hybridized carbons (Fsp3) is 0.200. The average molecular weight is 234 g/mol. The molecule has 0 saturated carbocycles. The van der Waals surface area contributed by atoms with Gasteiger partial charge in [0.25, 0.3) is 0 Å². The van der Waals surface area contributed by atoms with E-state index in [-0.39, 0.29) is 0 Å². The topological polar surface area (TPSA) is 54.4 Å². The van der Waals surface area contributed by atoms with Crippen LogP contribution in [0, 0.1) is 0 Å². The van der Waals surface area contributed by atoms with Crippen LogP contribution in [0.15, 0.2) is 30.3 Å². The third kappa shape index (κ3) is 5.14. The highest BCUT2D eigenvalue weighted by Gasteiger charge is 2.37. The number of aldehydes is 1. The summed E-state index contributed by atoms with van der Waals surface area (Å²) in [5.41, 5.74) is 0. The first-order valence-electron chi connectivity index (χ1n) is 4.11. The van der Waals surface area contributed by atoms with Crippen molar-refractivity contribution in [1.29, 1.82) is 0 Å². The quantitative estimate of drug-likeness (QED) is 0.640. The third-order valence-electron chi connectivity index (χ3n) is 1.40. The SMILES string of the molecule is O=CC(F)(F)C(=O)CF.Oc1ccccc1. The number of benzene rings is 1. The predicted octanol–water partition coefficient (Wildman–Crippen LogP) is 1.75. The minimum absolute atomic E-state index is 0.322. The van der Waals surface area contributed by atoms with E-state index in [1.54, 1.807) is 24.3 Å². The summed E-state index contributed by atoms with van der Waals surface area (Å²) in [5.74, 6) is -5.82. The molecule has 1 aromatic carbocycles. The summed E-state index contributed by atoms with van der Waals surface area (Å²) in [6.45, 7) is -1.81. The number of hydrogen-bond donors (Lipinski definition) is 1. The Balaban J connectivity index is 0.000000288. The van der Waals surface area contributed by atoms with E-state index in [1.807, 2.05) is 6.07 Å². The van der Waals surface area contributed by atoms with Gasteiger partial charge < -0.3 is 5.11 Å². The molecule has 0 bridgehead atoms. The largest absolute Gasteiger partial charge is 0.508 e. The summed E-state index contributed by atoms with van der Waals surface area (Å²) in [5, 5.41) is 8.63. The number of phenols is 1. The van der Waals surface area contributed by atoms with Crippen molar-refractivity contribution in [3.63, 3.8) is 0 Å². The molecule has 0 saturated heterocycles. The molecule has 3 nitrogen and oxygen atoms in total. The molecular formula is C10H9F3O3. The van der Waals surface area contributed by atoms with Gasteiger partial charge in [-0.05, 0) is 12.1 Å². The molecule has 1 rings (SSSR count). The molecule has 16 heavy (non-hydrogen) atoms. The zero-order valence-electron chi connectivity index (χ0n) is 8.07. The van der Waals surface area contributed by atoms with Crippen LogP contribution in [-0.4, -0.2) is 29.8 Å². The van der Waals surface area contributed by atoms with Crippen LogP contribution in [0.25, 0.3) is 0 Å². The lowest BCUT2D eigenvalue weighted by Crippen LogP contribution is -2.31. The van der Waals surface area contributed by atoms with Crippen LogP contribution in [0.2, 0.25) is 0 Å². The summed E-state index contributed by atoms with van der Waals surface area (Å²) in [4.78, 5) is 19.0. The molecule has 1 N–H and O–H groups in total. The number of carbonyl (C=O) groups is 2. The van der Waals surface area contributed by atoms with Crippen LogP contribution >= 0.6 is 0 Å². The standard InChI is InChI=1S/C6H6O.C4H3F3O2/c7-6-4-2-1-3-5-6;5-1-3(9)4(6,7)2-8/h1-5,7H;2H,1H2. The molecule has 0 heterocycles. The first-order valence-corrected chi connectivity index (χ1v) is 4.11. The highest BCUT2D eigenvalue weighted by molar-refractivity contribution is 6.00. The van der Waals surface area contributed by atoms with Gasteiger partial charge in [-0.2, -0.15) is 8.78 Å². The average Bonchev–Trinajstić information content (AvgIpc) is 2.29. The number of carbonyl (C=O) groups excluding carboxylic acids is 2. The molecule has 0 amide bonds. The molecule has 6 heteroatoms. The normalized spacial score (nSPS) is 9.94. The van der Waals surface area contributed by atoms with Crippen molar-refractivity contribution in [3.05, 3.63) is 30.3 Å².